The summed E-state index contributed by atoms with van der Waals surface area (Å²) in [6, 6.07) is 15.5. The lowest BCUT2D eigenvalue weighted by atomic mass is 9.80. The lowest BCUT2D eigenvalue weighted by molar-refractivity contribution is -0.646. The van der Waals surface area contributed by atoms with Crippen LogP contribution in [0.5, 0.6) is 0 Å². The summed E-state index contributed by atoms with van der Waals surface area (Å²) in [7, 11) is 1.94. The summed E-state index contributed by atoms with van der Waals surface area (Å²) in [6.45, 7) is 4.58. The average Bonchev–Trinajstić information content (AvgIpc) is 3.09. The van der Waals surface area contributed by atoms with Gasteiger partial charge < -0.3 is 4.40 Å². The molecule has 32 heavy (non-hydrogen) atoms. The molecule has 0 aliphatic carbocycles. The van der Waals surface area contributed by atoms with Crippen LogP contribution in [-0.2, 0) is 12.5 Å². The number of nitrogens with zero attached hydrogens (tertiary/aromatic N) is 3. The van der Waals surface area contributed by atoms with Crippen molar-refractivity contribution in [3.8, 4) is 0 Å². The van der Waals surface area contributed by atoms with E-state index in [-0.39, 0.29) is 5.56 Å². The quantitative estimate of drug-likeness (QED) is 0.168. The molecule has 3 aromatic heterocycles. The normalized spacial score (nSPS) is 13.5. The third-order valence-electron chi connectivity index (χ3n) is 6.99. The Balaban J connectivity index is 2.06. The van der Waals surface area contributed by atoms with Gasteiger partial charge in [-0.25, -0.2) is 4.57 Å². The third kappa shape index (κ3) is 2.17. The molecular weight excluding hydrogens is 411 g/mol. The zero-order chi connectivity index (χ0) is 22.6. The van der Waals surface area contributed by atoms with E-state index in [9.17, 15) is 13.2 Å². The standard InChI is InChI=1S/C26H21F3N3/c1-14-8-7-11-19-20(14)23-22-17(30-13-31(23)4)12-16(25(2,3)26(27,28)29)21-15-9-5-6-10-18(15)32(19)24(21)22/h5-13H,1-4H3/q+1. The van der Waals surface area contributed by atoms with Crippen molar-refractivity contribution < 1.29 is 17.7 Å². The van der Waals surface area contributed by atoms with E-state index in [0.29, 0.717) is 10.9 Å². The number of alkyl halides is 3. The number of hydrogen-bond donors (Lipinski definition) is 0. The second-order valence-electron chi connectivity index (χ2n) is 9.19. The van der Waals surface area contributed by atoms with Gasteiger partial charge in [0.15, 0.2) is 5.52 Å². The molecule has 0 aliphatic rings. The Morgan fingerprint density at radius 2 is 1.62 bits per heavy atom. The highest BCUT2D eigenvalue weighted by molar-refractivity contribution is 6.27. The fourth-order valence-corrected chi connectivity index (χ4v) is 5.21. The van der Waals surface area contributed by atoms with E-state index in [1.807, 2.05) is 48.0 Å². The molecule has 0 spiro atoms. The summed E-state index contributed by atoms with van der Waals surface area (Å²) in [4.78, 5) is 4.58. The van der Waals surface area contributed by atoms with E-state index in [0.717, 1.165) is 43.8 Å². The van der Waals surface area contributed by atoms with Crippen molar-refractivity contribution in [3.63, 3.8) is 0 Å². The first-order valence-electron chi connectivity index (χ1n) is 10.5. The van der Waals surface area contributed by atoms with E-state index in [1.165, 1.54) is 13.8 Å². The average molecular weight is 432 g/mol. The number of aryl methyl sites for hydroxylation is 2. The fraction of sp³-hybridized carbons (Fsp3) is 0.231. The number of aromatic nitrogens is 3. The third-order valence-corrected chi connectivity index (χ3v) is 6.99. The molecule has 6 rings (SSSR count). The zero-order valence-electron chi connectivity index (χ0n) is 18.2. The second kappa shape index (κ2) is 5.88. The largest absolute Gasteiger partial charge is 0.397 e. The Bertz CT molecular complexity index is 1710. The van der Waals surface area contributed by atoms with E-state index in [2.05, 4.69) is 22.4 Å². The van der Waals surface area contributed by atoms with Gasteiger partial charge in [0.2, 0.25) is 0 Å². The van der Waals surface area contributed by atoms with Crippen LogP contribution in [0.3, 0.4) is 0 Å². The van der Waals surface area contributed by atoms with Crippen molar-refractivity contribution in [3.05, 3.63) is 66.0 Å². The number of fused-ring (bicyclic) bond motifs is 6. The molecule has 0 aliphatic heterocycles. The van der Waals surface area contributed by atoms with Crippen molar-refractivity contribution in [2.24, 2.45) is 7.05 Å². The highest BCUT2D eigenvalue weighted by Crippen LogP contribution is 2.49. The molecule has 160 valence electrons. The van der Waals surface area contributed by atoms with Crippen LogP contribution in [0.1, 0.15) is 25.0 Å². The molecule has 3 heterocycles. The number of para-hydroxylation sites is 1. The number of rotatable bonds is 1. The minimum absolute atomic E-state index is 0.255. The van der Waals surface area contributed by atoms with Gasteiger partial charge >= 0.3 is 6.18 Å². The van der Waals surface area contributed by atoms with Gasteiger partial charge in [0.25, 0.3) is 6.33 Å². The Hall–Kier alpha value is -3.41. The Kier molecular flexibility index (Phi) is 3.55. The highest BCUT2D eigenvalue weighted by Gasteiger charge is 2.50. The molecule has 0 unspecified atom stereocenters. The molecule has 3 aromatic carbocycles. The predicted octanol–water partition coefficient (Wildman–Crippen LogP) is 6.36. The lowest BCUT2D eigenvalue weighted by Gasteiger charge is -2.29. The van der Waals surface area contributed by atoms with Crippen LogP contribution >= 0.6 is 0 Å². The molecule has 6 aromatic rings. The van der Waals surface area contributed by atoms with Crippen LogP contribution < -0.4 is 4.57 Å². The van der Waals surface area contributed by atoms with Gasteiger partial charge in [-0.15, -0.1) is 0 Å². The van der Waals surface area contributed by atoms with Gasteiger partial charge in [0.05, 0.1) is 34.4 Å². The predicted molar refractivity (Wildman–Crippen MR) is 121 cm³/mol. The maximum Gasteiger partial charge on any atom is 0.397 e. The molecular formula is C26H21F3N3+. The van der Waals surface area contributed by atoms with Crippen molar-refractivity contribution in [2.45, 2.75) is 32.4 Å². The van der Waals surface area contributed by atoms with Gasteiger partial charge in [-0.1, -0.05) is 30.3 Å². The molecule has 0 atom stereocenters. The van der Waals surface area contributed by atoms with Gasteiger partial charge in [0, 0.05) is 16.2 Å². The molecule has 3 nitrogen and oxygen atoms in total. The molecule has 0 saturated carbocycles. The number of hydrogen-bond acceptors (Lipinski definition) is 1. The minimum Gasteiger partial charge on any atom is -0.308 e. The van der Waals surface area contributed by atoms with Crippen molar-refractivity contribution in [2.75, 3.05) is 0 Å². The summed E-state index contributed by atoms with van der Waals surface area (Å²) in [5, 5.41) is 3.45. The SMILES string of the molecule is Cc1cccc2c1c1c3c(cc(C(C)(C)C(F)(F)F)c4c5ccccc5n2c43)nc[n+]1C. The topological polar surface area (TPSA) is 21.2 Å². The summed E-state index contributed by atoms with van der Waals surface area (Å²) in [5.41, 5.74) is 3.58. The van der Waals surface area contributed by atoms with Crippen molar-refractivity contribution in [1.29, 1.82) is 0 Å². The first-order chi connectivity index (χ1) is 15.1. The van der Waals surface area contributed by atoms with Crippen LogP contribution in [0.15, 0.2) is 54.9 Å². The smallest absolute Gasteiger partial charge is 0.308 e. The molecule has 0 amide bonds. The lowest BCUT2D eigenvalue weighted by Crippen LogP contribution is -2.36. The van der Waals surface area contributed by atoms with E-state index < -0.39 is 11.6 Å². The Morgan fingerprint density at radius 3 is 2.38 bits per heavy atom. The van der Waals surface area contributed by atoms with Gasteiger partial charge in [-0.05, 0) is 55.1 Å². The minimum atomic E-state index is -4.41. The molecule has 0 radical (unpaired) electrons. The van der Waals surface area contributed by atoms with Crippen LogP contribution in [-0.4, -0.2) is 15.6 Å². The van der Waals surface area contributed by atoms with Crippen LogP contribution in [0.25, 0.3) is 49.1 Å². The number of pyridine rings is 1. The molecule has 0 bridgehead atoms. The van der Waals surface area contributed by atoms with Crippen LogP contribution in [0.2, 0.25) is 0 Å². The molecule has 0 N–H and O–H groups in total. The Morgan fingerprint density at radius 1 is 0.906 bits per heavy atom. The maximum absolute atomic E-state index is 14.3. The number of halogens is 3. The maximum atomic E-state index is 14.3. The fourth-order valence-electron chi connectivity index (χ4n) is 5.21. The van der Waals surface area contributed by atoms with Crippen LogP contribution in [0.4, 0.5) is 13.2 Å². The van der Waals surface area contributed by atoms with Crippen molar-refractivity contribution >= 4 is 49.1 Å². The van der Waals surface area contributed by atoms with Gasteiger partial charge in [-0.2, -0.15) is 13.2 Å². The van der Waals surface area contributed by atoms with Gasteiger partial charge in [-0.3, -0.25) is 0 Å². The Labute approximate surface area is 182 Å². The molecule has 0 fully saturated rings. The van der Waals surface area contributed by atoms with E-state index >= 15 is 0 Å². The van der Waals surface area contributed by atoms with Gasteiger partial charge in [0.1, 0.15) is 5.52 Å². The monoisotopic (exact) mass is 432 g/mol. The first-order valence-corrected chi connectivity index (χ1v) is 10.5. The highest BCUT2D eigenvalue weighted by atomic mass is 19.4. The first kappa shape index (κ1) is 19.3. The zero-order valence-corrected chi connectivity index (χ0v) is 18.2. The summed E-state index contributed by atoms with van der Waals surface area (Å²) < 4.78 is 46.9. The van der Waals surface area contributed by atoms with E-state index in [4.69, 9.17) is 0 Å². The second-order valence-corrected chi connectivity index (χ2v) is 9.19. The van der Waals surface area contributed by atoms with Crippen LogP contribution in [0, 0.1) is 6.92 Å². The van der Waals surface area contributed by atoms with Crippen molar-refractivity contribution in [1.82, 2.24) is 9.38 Å². The summed E-state index contributed by atoms with van der Waals surface area (Å²) in [6.07, 6.45) is -2.71. The molecule has 0 saturated heterocycles. The summed E-state index contributed by atoms with van der Waals surface area (Å²) >= 11 is 0. The summed E-state index contributed by atoms with van der Waals surface area (Å²) in [5.74, 6) is 0. The molecule has 6 heteroatoms. The number of benzene rings is 3. The van der Waals surface area contributed by atoms with E-state index in [1.54, 1.807) is 12.4 Å².